The van der Waals surface area contributed by atoms with E-state index in [0.717, 1.165) is 17.7 Å². The molecule has 0 atom stereocenters. The number of carboxylic acid groups (broad SMARTS) is 1. The normalized spacial score (nSPS) is 11.5. The zero-order valence-corrected chi connectivity index (χ0v) is 15.7. The largest absolute Gasteiger partial charge is 0.507 e. The van der Waals surface area contributed by atoms with Gasteiger partial charge in [0, 0.05) is 6.07 Å². The number of rotatable bonds is 6. The Labute approximate surface area is 166 Å². The summed E-state index contributed by atoms with van der Waals surface area (Å²) in [7, 11) is -3.97. The Morgan fingerprint density at radius 1 is 0.931 bits per heavy atom. The third kappa shape index (κ3) is 4.99. The molecule has 0 saturated carbocycles. The van der Waals surface area contributed by atoms with Gasteiger partial charge in [-0.15, -0.1) is 0 Å². The van der Waals surface area contributed by atoms with E-state index in [1.54, 1.807) is 36.4 Å². The number of phenols is 1. The van der Waals surface area contributed by atoms with E-state index in [1.165, 1.54) is 30.3 Å². The summed E-state index contributed by atoms with van der Waals surface area (Å²) >= 11 is 0. The molecule has 3 aromatic carbocycles. The fourth-order valence-electron chi connectivity index (χ4n) is 2.54. The van der Waals surface area contributed by atoms with Crippen LogP contribution in [-0.4, -0.2) is 24.6 Å². The maximum absolute atomic E-state index is 13.0. The molecular formula is C21H16FNO5S. The van der Waals surface area contributed by atoms with Gasteiger partial charge in [0.25, 0.3) is 10.0 Å². The van der Waals surface area contributed by atoms with Gasteiger partial charge in [-0.2, -0.15) is 0 Å². The van der Waals surface area contributed by atoms with Crippen LogP contribution in [0.25, 0.3) is 12.2 Å². The van der Waals surface area contributed by atoms with E-state index >= 15 is 0 Å². The van der Waals surface area contributed by atoms with Crippen LogP contribution in [-0.2, 0) is 10.0 Å². The average molecular weight is 413 g/mol. The topological polar surface area (TPSA) is 104 Å². The summed E-state index contributed by atoms with van der Waals surface area (Å²) in [5.74, 6) is -2.21. The molecule has 0 unspecified atom stereocenters. The van der Waals surface area contributed by atoms with Crippen LogP contribution in [0.2, 0.25) is 0 Å². The van der Waals surface area contributed by atoms with Crippen molar-refractivity contribution < 1.29 is 27.8 Å². The minimum Gasteiger partial charge on any atom is -0.507 e. The lowest BCUT2D eigenvalue weighted by Gasteiger charge is -2.10. The number of aromatic carboxylic acids is 1. The number of nitrogens with one attached hydrogen (secondary N) is 1. The van der Waals surface area contributed by atoms with Crippen LogP contribution in [0.15, 0.2) is 71.6 Å². The quantitative estimate of drug-likeness (QED) is 0.526. The molecule has 0 spiro atoms. The maximum atomic E-state index is 13.0. The number of carboxylic acids is 1. The van der Waals surface area contributed by atoms with Gasteiger partial charge in [0.05, 0.1) is 10.6 Å². The van der Waals surface area contributed by atoms with E-state index in [4.69, 9.17) is 5.11 Å². The summed E-state index contributed by atoms with van der Waals surface area (Å²) in [6, 6.07) is 15.4. The molecule has 0 radical (unpaired) electrons. The third-order valence-corrected chi connectivity index (χ3v) is 5.37. The van der Waals surface area contributed by atoms with E-state index in [0.29, 0.717) is 5.56 Å². The van der Waals surface area contributed by atoms with Crippen molar-refractivity contribution in [1.82, 2.24) is 0 Å². The highest BCUT2D eigenvalue weighted by molar-refractivity contribution is 7.92. The number of sulfonamides is 1. The minimum atomic E-state index is -3.97. The van der Waals surface area contributed by atoms with Gasteiger partial charge in [-0.3, -0.25) is 4.72 Å². The third-order valence-electron chi connectivity index (χ3n) is 3.99. The predicted octanol–water partition coefficient (Wildman–Crippen LogP) is 4.20. The lowest BCUT2D eigenvalue weighted by molar-refractivity contribution is 0.0694. The molecule has 0 fully saturated rings. The van der Waals surface area contributed by atoms with E-state index in [9.17, 15) is 22.7 Å². The molecule has 0 aliphatic rings. The molecule has 0 aromatic heterocycles. The van der Waals surface area contributed by atoms with Gasteiger partial charge in [0.1, 0.15) is 17.1 Å². The van der Waals surface area contributed by atoms with Crippen LogP contribution >= 0.6 is 0 Å². The maximum Gasteiger partial charge on any atom is 0.339 e. The van der Waals surface area contributed by atoms with Crippen molar-refractivity contribution >= 4 is 33.8 Å². The summed E-state index contributed by atoms with van der Waals surface area (Å²) in [6.45, 7) is 0. The predicted molar refractivity (Wildman–Crippen MR) is 108 cm³/mol. The number of carbonyl (C=O) groups is 1. The molecule has 29 heavy (non-hydrogen) atoms. The fourth-order valence-corrected chi connectivity index (χ4v) is 3.65. The van der Waals surface area contributed by atoms with E-state index < -0.39 is 21.7 Å². The molecule has 8 heteroatoms. The van der Waals surface area contributed by atoms with Gasteiger partial charge >= 0.3 is 5.97 Å². The summed E-state index contributed by atoms with van der Waals surface area (Å²) in [6.07, 6.45) is 3.42. The van der Waals surface area contributed by atoms with Gasteiger partial charge in [0.2, 0.25) is 0 Å². The number of aromatic hydroxyl groups is 1. The first-order valence-corrected chi connectivity index (χ1v) is 9.86. The smallest absolute Gasteiger partial charge is 0.339 e. The Kier molecular flexibility index (Phi) is 5.65. The van der Waals surface area contributed by atoms with Crippen molar-refractivity contribution in [3.63, 3.8) is 0 Å². The Hall–Kier alpha value is -3.65. The summed E-state index contributed by atoms with van der Waals surface area (Å²) < 4.78 is 40.5. The summed E-state index contributed by atoms with van der Waals surface area (Å²) in [5, 5.41) is 18.6. The molecule has 3 N–H and O–H groups in total. The van der Waals surface area contributed by atoms with E-state index in [-0.39, 0.29) is 22.0 Å². The molecule has 0 bridgehead atoms. The molecule has 0 amide bonds. The van der Waals surface area contributed by atoms with Crippen molar-refractivity contribution in [3.05, 3.63) is 89.2 Å². The van der Waals surface area contributed by atoms with Crippen LogP contribution in [0.4, 0.5) is 10.1 Å². The van der Waals surface area contributed by atoms with Crippen molar-refractivity contribution in [2.45, 2.75) is 4.90 Å². The van der Waals surface area contributed by atoms with Crippen LogP contribution in [0.3, 0.4) is 0 Å². The number of anilines is 1. The van der Waals surface area contributed by atoms with Crippen molar-refractivity contribution in [2.24, 2.45) is 0 Å². The Bertz CT molecular complexity index is 1190. The monoisotopic (exact) mass is 413 g/mol. The second-order valence-electron chi connectivity index (χ2n) is 6.10. The highest BCUT2D eigenvalue weighted by Crippen LogP contribution is 2.24. The minimum absolute atomic E-state index is 0.0134. The molecule has 3 aromatic rings. The summed E-state index contributed by atoms with van der Waals surface area (Å²) in [4.78, 5) is 10.9. The van der Waals surface area contributed by atoms with Gasteiger partial charge < -0.3 is 10.2 Å². The lowest BCUT2D eigenvalue weighted by Crippen LogP contribution is -2.13. The number of hydrogen-bond acceptors (Lipinski definition) is 4. The van der Waals surface area contributed by atoms with Gasteiger partial charge in [-0.05, 0) is 47.5 Å². The van der Waals surface area contributed by atoms with Crippen molar-refractivity contribution in [1.29, 1.82) is 0 Å². The Morgan fingerprint density at radius 3 is 2.28 bits per heavy atom. The molecule has 0 heterocycles. The second-order valence-corrected chi connectivity index (χ2v) is 7.78. The molecule has 0 saturated heterocycles. The zero-order chi connectivity index (χ0) is 21.0. The molecule has 0 aliphatic heterocycles. The van der Waals surface area contributed by atoms with Crippen LogP contribution in [0.1, 0.15) is 21.5 Å². The average Bonchev–Trinajstić information content (AvgIpc) is 2.67. The van der Waals surface area contributed by atoms with Gasteiger partial charge in [-0.25, -0.2) is 17.6 Å². The molecule has 0 aliphatic carbocycles. The fraction of sp³-hybridized carbons (Fsp3) is 0. The van der Waals surface area contributed by atoms with Gasteiger partial charge in [0.15, 0.2) is 0 Å². The summed E-state index contributed by atoms with van der Waals surface area (Å²) in [5.41, 5.74) is 1.06. The number of halogens is 1. The first kappa shape index (κ1) is 20.1. The first-order valence-electron chi connectivity index (χ1n) is 8.37. The second kappa shape index (κ2) is 8.15. The Morgan fingerprint density at radius 2 is 1.62 bits per heavy atom. The highest BCUT2D eigenvalue weighted by atomic mass is 32.2. The van der Waals surface area contributed by atoms with E-state index in [1.807, 2.05) is 0 Å². The molecule has 3 rings (SSSR count). The zero-order valence-electron chi connectivity index (χ0n) is 14.9. The van der Waals surface area contributed by atoms with Crippen molar-refractivity contribution in [3.8, 4) is 5.75 Å². The van der Waals surface area contributed by atoms with Crippen LogP contribution in [0.5, 0.6) is 5.75 Å². The number of hydrogen-bond donors (Lipinski definition) is 3. The SMILES string of the molecule is O=C(O)c1ccc(NS(=O)(=O)c2cccc(/C=C/c3ccc(F)cc3)c2)cc1O. The lowest BCUT2D eigenvalue weighted by atomic mass is 10.1. The van der Waals surface area contributed by atoms with Crippen molar-refractivity contribution in [2.75, 3.05) is 4.72 Å². The van der Waals surface area contributed by atoms with Gasteiger partial charge in [-0.1, -0.05) is 36.4 Å². The van der Waals surface area contributed by atoms with E-state index in [2.05, 4.69) is 4.72 Å². The molecule has 148 valence electrons. The van der Waals surface area contributed by atoms with Crippen LogP contribution < -0.4 is 4.72 Å². The molecule has 6 nitrogen and oxygen atoms in total. The van der Waals surface area contributed by atoms with Crippen LogP contribution in [0, 0.1) is 5.82 Å². The molecular weight excluding hydrogens is 397 g/mol. The first-order chi connectivity index (χ1) is 13.7. The highest BCUT2D eigenvalue weighted by Gasteiger charge is 2.16. The Balaban J connectivity index is 1.82. The number of benzene rings is 3. The standard InChI is InChI=1S/C21H16FNO5S/c22-16-8-6-14(7-9-16)4-5-15-2-1-3-18(12-15)29(27,28)23-17-10-11-19(21(25)26)20(24)13-17/h1-13,23-24H,(H,25,26)/b5-4+.